The number of carbonyl (C=O) groups excluding carboxylic acids is 1. The number of para-hydroxylation sites is 1. The molecular formula is C17H20N2OS2. The van der Waals surface area contributed by atoms with Gasteiger partial charge in [-0.3, -0.25) is 4.79 Å². The van der Waals surface area contributed by atoms with E-state index in [-0.39, 0.29) is 5.78 Å². The average molecular weight is 332 g/mol. The fourth-order valence-corrected chi connectivity index (χ4v) is 4.13. The van der Waals surface area contributed by atoms with Crippen molar-refractivity contribution in [2.45, 2.75) is 26.2 Å². The Hall–Kier alpha value is -1.33. The highest BCUT2D eigenvalue weighted by Crippen LogP contribution is 2.24. The van der Waals surface area contributed by atoms with Gasteiger partial charge in [-0.1, -0.05) is 42.2 Å². The Morgan fingerprint density at radius 1 is 1.27 bits per heavy atom. The van der Waals surface area contributed by atoms with Gasteiger partial charge in [0.05, 0.1) is 5.75 Å². The molecule has 1 aromatic heterocycles. The molecule has 0 bridgehead atoms. The molecule has 0 amide bonds. The van der Waals surface area contributed by atoms with E-state index in [9.17, 15) is 4.79 Å². The number of Topliss-reactive ketones (excluding diaryl/α,β-unsaturated/α-hetero) is 1. The minimum atomic E-state index is 0.152. The number of hydrogen-bond acceptors (Lipinski definition) is 3. The van der Waals surface area contributed by atoms with Crippen LogP contribution in [0, 0.1) is 6.92 Å². The van der Waals surface area contributed by atoms with Crippen LogP contribution in [0.25, 0.3) is 10.9 Å². The third-order valence-electron chi connectivity index (χ3n) is 4.11. The summed E-state index contributed by atoms with van der Waals surface area (Å²) in [4.78, 5) is 18.1. The van der Waals surface area contributed by atoms with Gasteiger partial charge in [0.2, 0.25) is 0 Å². The van der Waals surface area contributed by atoms with E-state index in [0.717, 1.165) is 39.6 Å². The first kappa shape index (κ1) is 15.6. The van der Waals surface area contributed by atoms with Crippen LogP contribution in [0.2, 0.25) is 0 Å². The second-order valence-electron chi connectivity index (χ2n) is 5.70. The molecule has 5 heteroatoms. The number of benzene rings is 1. The van der Waals surface area contributed by atoms with E-state index in [1.165, 1.54) is 31.0 Å². The highest BCUT2D eigenvalue weighted by molar-refractivity contribution is 8.23. The molecule has 1 N–H and O–H groups in total. The molecule has 0 atom stereocenters. The molecule has 0 aliphatic carbocycles. The zero-order chi connectivity index (χ0) is 15.5. The zero-order valence-electron chi connectivity index (χ0n) is 12.7. The number of ketones is 1. The SMILES string of the molecule is Cc1[nH]c2ccccc2c1C(=O)CSC(=S)N1CCCCC1. The number of rotatable bonds is 3. The molecule has 1 fully saturated rings. The van der Waals surface area contributed by atoms with Crippen LogP contribution in [-0.4, -0.2) is 38.8 Å². The third-order valence-corrected chi connectivity index (χ3v) is 5.64. The molecular weight excluding hydrogens is 312 g/mol. The average Bonchev–Trinajstić information content (AvgIpc) is 2.89. The first-order valence-electron chi connectivity index (χ1n) is 7.69. The lowest BCUT2D eigenvalue weighted by Crippen LogP contribution is -2.33. The summed E-state index contributed by atoms with van der Waals surface area (Å²) in [5.74, 6) is 0.567. The number of fused-ring (bicyclic) bond motifs is 1. The number of aryl methyl sites for hydroxylation is 1. The van der Waals surface area contributed by atoms with Crippen LogP contribution in [0.4, 0.5) is 0 Å². The van der Waals surface area contributed by atoms with Crippen molar-refractivity contribution in [1.82, 2.24) is 9.88 Å². The van der Waals surface area contributed by atoms with E-state index in [1.54, 1.807) is 0 Å². The highest BCUT2D eigenvalue weighted by atomic mass is 32.2. The number of nitrogens with one attached hydrogen (secondary N) is 1. The number of carbonyl (C=O) groups is 1. The smallest absolute Gasteiger partial charge is 0.175 e. The Morgan fingerprint density at radius 2 is 2.00 bits per heavy atom. The molecule has 0 spiro atoms. The second-order valence-corrected chi connectivity index (χ2v) is 7.31. The number of likely N-dealkylation sites (tertiary alicyclic amines) is 1. The second kappa shape index (κ2) is 6.84. The van der Waals surface area contributed by atoms with Crippen molar-refractivity contribution in [3.63, 3.8) is 0 Å². The van der Waals surface area contributed by atoms with E-state index in [4.69, 9.17) is 12.2 Å². The molecule has 3 nitrogen and oxygen atoms in total. The van der Waals surface area contributed by atoms with Crippen LogP contribution in [-0.2, 0) is 0 Å². The van der Waals surface area contributed by atoms with Crippen LogP contribution in [0.3, 0.4) is 0 Å². The topological polar surface area (TPSA) is 36.1 Å². The molecule has 1 aliphatic heterocycles. The maximum absolute atomic E-state index is 12.6. The third kappa shape index (κ3) is 3.20. The Balaban J connectivity index is 1.68. The minimum absolute atomic E-state index is 0.152. The van der Waals surface area contributed by atoms with Crippen LogP contribution in [0.1, 0.15) is 35.3 Å². The summed E-state index contributed by atoms with van der Waals surface area (Å²) in [6.07, 6.45) is 3.70. The standard InChI is InChI=1S/C17H20N2OS2/c1-12-16(13-7-3-4-8-14(13)18-12)15(20)11-22-17(21)19-9-5-2-6-10-19/h3-4,7-8,18H,2,5-6,9-11H2,1H3. The number of nitrogens with zero attached hydrogens (tertiary/aromatic N) is 1. The zero-order valence-corrected chi connectivity index (χ0v) is 14.4. The van der Waals surface area contributed by atoms with Gasteiger partial charge in [0.25, 0.3) is 0 Å². The molecule has 0 saturated carbocycles. The van der Waals surface area contributed by atoms with Crippen LogP contribution < -0.4 is 0 Å². The van der Waals surface area contributed by atoms with Crippen LogP contribution in [0.15, 0.2) is 24.3 Å². The van der Waals surface area contributed by atoms with E-state index < -0.39 is 0 Å². The summed E-state index contributed by atoms with van der Waals surface area (Å²) >= 11 is 6.98. The Morgan fingerprint density at radius 3 is 2.77 bits per heavy atom. The van der Waals surface area contributed by atoms with Gasteiger partial charge in [0.1, 0.15) is 4.32 Å². The van der Waals surface area contributed by atoms with E-state index in [2.05, 4.69) is 9.88 Å². The summed E-state index contributed by atoms with van der Waals surface area (Å²) in [6, 6.07) is 7.95. The van der Waals surface area contributed by atoms with Crippen molar-refractivity contribution in [2.24, 2.45) is 0 Å². The van der Waals surface area contributed by atoms with Crippen molar-refractivity contribution < 1.29 is 4.79 Å². The van der Waals surface area contributed by atoms with Gasteiger partial charge in [-0.15, -0.1) is 0 Å². The van der Waals surface area contributed by atoms with Gasteiger partial charge in [-0.2, -0.15) is 0 Å². The van der Waals surface area contributed by atoms with E-state index >= 15 is 0 Å². The van der Waals surface area contributed by atoms with Gasteiger partial charge in [-0.25, -0.2) is 0 Å². The van der Waals surface area contributed by atoms with E-state index in [1.807, 2.05) is 31.2 Å². The predicted octanol–water partition coefficient (Wildman–Crippen LogP) is 4.16. The quantitative estimate of drug-likeness (QED) is 0.676. The Bertz CT molecular complexity index is 702. The fraction of sp³-hybridized carbons (Fsp3) is 0.412. The van der Waals surface area contributed by atoms with Crippen molar-refractivity contribution in [3.05, 3.63) is 35.5 Å². The van der Waals surface area contributed by atoms with Crippen molar-refractivity contribution in [1.29, 1.82) is 0 Å². The maximum atomic E-state index is 12.6. The predicted molar refractivity (Wildman–Crippen MR) is 97.8 cm³/mol. The number of aromatic nitrogens is 1. The summed E-state index contributed by atoms with van der Waals surface area (Å²) < 4.78 is 0.866. The number of thiocarbonyl (C=S) groups is 1. The highest BCUT2D eigenvalue weighted by Gasteiger charge is 2.19. The lowest BCUT2D eigenvalue weighted by Gasteiger charge is -2.28. The molecule has 0 radical (unpaired) electrons. The molecule has 0 unspecified atom stereocenters. The number of H-pyrrole nitrogens is 1. The molecule has 1 aliphatic rings. The van der Waals surface area contributed by atoms with Gasteiger partial charge < -0.3 is 9.88 Å². The summed E-state index contributed by atoms with van der Waals surface area (Å²) in [5.41, 5.74) is 2.77. The normalized spacial score (nSPS) is 15.2. The van der Waals surface area contributed by atoms with Gasteiger partial charge in [0, 0.05) is 35.2 Å². The lowest BCUT2D eigenvalue weighted by atomic mass is 10.1. The van der Waals surface area contributed by atoms with Crippen LogP contribution in [0.5, 0.6) is 0 Å². The first-order valence-corrected chi connectivity index (χ1v) is 9.08. The van der Waals surface area contributed by atoms with Gasteiger partial charge in [0.15, 0.2) is 5.78 Å². The molecule has 116 valence electrons. The number of aromatic amines is 1. The monoisotopic (exact) mass is 332 g/mol. The Kier molecular flexibility index (Phi) is 4.84. The molecule has 1 aromatic carbocycles. The minimum Gasteiger partial charge on any atom is -0.358 e. The van der Waals surface area contributed by atoms with Gasteiger partial charge in [-0.05, 0) is 32.3 Å². The summed E-state index contributed by atoms with van der Waals surface area (Å²) in [6.45, 7) is 4.03. The van der Waals surface area contributed by atoms with Crippen molar-refractivity contribution in [3.8, 4) is 0 Å². The number of piperidine rings is 1. The Labute approximate surface area is 140 Å². The largest absolute Gasteiger partial charge is 0.358 e. The molecule has 2 aromatic rings. The molecule has 3 rings (SSSR count). The van der Waals surface area contributed by atoms with Crippen LogP contribution >= 0.6 is 24.0 Å². The van der Waals surface area contributed by atoms with E-state index in [0.29, 0.717) is 5.75 Å². The van der Waals surface area contributed by atoms with Crippen molar-refractivity contribution >= 4 is 45.0 Å². The number of thioether (sulfide) groups is 1. The maximum Gasteiger partial charge on any atom is 0.175 e. The number of hydrogen-bond donors (Lipinski definition) is 1. The molecule has 1 saturated heterocycles. The van der Waals surface area contributed by atoms with Crippen molar-refractivity contribution in [2.75, 3.05) is 18.8 Å². The fourth-order valence-electron chi connectivity index (χ4n) is 3.00. The lowest BCUT2D eigenvalue weighted by molar-refractivity contribution is 0.102. The van der Waals surface area contributed by atoms with Gasteiger partial charge >= 0.3 is 0 Å². The first-order chi connectivity index (χ1) is 10.7. The molecule has 22 heavy (non-hydrogen) atoms. The molecule has 2 heterocycles. The summed E-state index contributed by atoms with van der Waals surface area (Å²) in [5, 5.41) is 1.01. The summed E-state index contributed by atoms with van der Waals surface area (Å²) in [7, 11) is 0.